The number of hydrogen-bond donors (Lipinski definition) is 1. The van der Waals surface area contributed by atoms with Gasteiger partial charge in [0.1, 0.15) is 11.3 Å². The lowest BCUT2D eigenvalue weighted by molar-refractivity contribution is -0.226. The standard InChI is InChI=1S/C41H60BNO11/c1-10-11-17-48-36(46)50-23-49-35(45)27-14-12-13-24(34(27)47-9)18-32(42-52-31-22-26-20-29(38(26,4)5)41(31,8)54-42)43-33(44)15-16-39(6)51-30-21-25-19-28(37(25,2)3)40(30,7)53-39/h12-14,25-26,28-32H,10-11,15-23H2,1-9H3,(H,43,44). The topological polar surface area (TPSA) is 137 Å². The summed E-state index contributed by atoms with van der Waals surface area (Å²) in [7, 11) is 0.751. The van der Waals surface area contributed by atoms with Crippen LogP contribution in [-0.2, 0) is 44.2 Å². The molecule has 6 aliphatic carbocycles. The fraction of sp³-hybridized carbons (Fsp3) is 0.780. The molecule has 298 valence electrons. The van der Waals surface area contributed by atoms with Gasteiger partial charge in [0, 0.05) is 12.8 Å². The summed E-state index contributed by atoms with van der Waals surface area (Å²) in [5.41, 5.74) is 0.320. The van der Waals surface area contributed by atoms with E-state index >= 15 is 0 Å². The average molecular weight is 754 g/mol. The summed E-state index contributed by atoms with van der Waals surface area (Å²) in [5.74, 6) is -0.132. The van der Waals surface area contributed by atoms with Crippen LogP contribution < -0.4 is 10.1 Å². The number of benzene rings is 1. The molecule has 1 aromatic carbocycles. The zero-order valence-electron chi connectivity index (χ0n) is 33.6. The number of methoxy groups -OCH3 is 1. The van der Waals surface area contributed by atoms with Gasteiger partial charge in [-0.1, -0.05) is 53.2 Å². The SMILES string of the molecule is CCCCOC(=O)OCOC(=O)c1cccc(CC(NC(=O)CCC2(C)OC3CC4CC(C4(C)C)C3(C)O2)B2OC3CC4CC(C4(C)C)C3(C)O2)c1OC. The molecule has 6 saturated carbocycles. The van der Waals surface area contributed by atoms with Crippen molar-refractivity contribution in [1.29, 1.82) is 0 Å². The molecule has 9 rings (SSSR count). The van der Waals surface area contributed by atoms with E-state index in [0.29, 0.717) is 42.1 Å². The zero-order valence-corrected chi connectivity index (χ0v) is 33.6. The van der Waals surface area contributed by atoms with Crippen molar-refractivity contribution in [2.45, 2.75) is 148 Å². The molecular formula is C41H60BNO11. The van der Waals surface area contributed by atoms with Crippen molar-refractivity contribution < 1.29 is 52.1 Å². The summed E-state index contributed by atoms with van der Waals surface area (Å²) >= 11 is 0. The van der Waals surface area contributed by atoms with Crippen LogP contribution in [0.25, 0.3) is 0 Å². The van der Waals surface area contributed by atoms with Crippen molar-refractivity contribution in [3.05, 3.63) is 29.3 Å². The molecule has 1 aromatic rings. The minimum absolute atomic E-state index is 0.0209. The lowest BCUT2D eigenvalue weighted by Gasteiger charge is -2.64. The monoisotopic (exact) mass is 753 g/mol. The minimum atomic E-state index is -0.907. The third-order valence-corrected chi connectivity index (χ3v) is 14.6. The second-order valence-electron chi connectivity index (χ2n) is 18.4. The molecule has 13 heteroatoms. The molecule has 0 radical (unpaired) electrons. The number of unbranched alkanes of at least 4 members (excludes halogenated alkanes) is 1. The molecular weight excluding hydrogens is 693 g/mol. The van der Waals surface area contributed by atoms with Crippen molar-refractivity contribution in [2.24, 2.45) is 34.5 Å². The van der Waals surface area contributed by atoms with Crippen LogP contribution in [0.1, 0.15) is 123 Å². The predicted molar refractivity (Wildman–Crippen MR) is 198 cm³/mol. The van der Waals surface area contributed by atoms with Crippen LogP contribution in [0.3, 0.4) is 0 Å². The molecule has 2 aliphatic heterocycles. The van der Waals surface area contributed by atoms with Gasteiger partial charge < -0.3 is 43.0 Å². The van der Waals surface area contributed by atoms with Gasteiger partial charge in [0.15, 0.2) is 5.79 Å². The number of carbonyl (C=O) groups is 3. The van der Waals surface area contributed by atoms with Gasteiger partial charge in [0.25, 0.3) is 0 Å². The lowest BCUT2D eigenvalue weighted by atomic mass is 9.43. The Balaban J connectivity index is 1.05. The third-order valence-electron chi connectivity index (χ3n) is 14.6. The first-order chi connectivity index (χ1) is 25.4. The maximum atomic E-state index is 13.9. The molecule has 4 bridgehead atoms. The molecule has 54 heavy (non-hydrogen) atoms. The molecule has 2 saturated heterocycles. The normalized spacial score (nSPS) is 36.8. The fourth-order valence-electron chi connectivity index (χ4n) is 11.1. The van der Waals surface area contributed by atoms with Crippen LogP contribution >= 0.6 is 0 Å². The van der Waals surface area contributed by atoms with Gasteiger partial charge in [0.05, 0.1) is 43.1 Å². The van der Waals surface area contributed by atoms with E-state index in [1.807, 2.05) is 19.9 Å². The molecule has 0 aromatic heterocycles. The van der Waals surface area contributed by atoms with Gasteiger partial charge in [-0.3, -0.25) is 4.79 Å². The summed E-state index contributed by atoms with van der Waals surface area (Å²) in [5, 5.41) is 3.25. The van der Waals surface area contributed by atoms with Crippen molar-refractivity contribution in [3.63, 3.8) is 0 Å². The molecule has 8 aliphatic rings. The number of ether oxygens (including phenoxy) is 6. The van der Waals surface area contributed by atoms with E-state index in [0.717, 1.165) is 32.1 Å². The highest BCUT2D eigenvalue weighted by molar-refractivity contribution is 6.48. The largest absolute Gasteiger partial charge is 0.511 e. The van der Waals surface area contributed by atoms with Crippen LogP contribution in [0, 0.1) is 34.5 Å². The Morgan fingerprint density at radius 1 is 0.907 bits per heavy atom. The summed E-state index contributed by atoms with van der Waals surface area (Å²) in [6.45, 7) is 17.2. The second-order valence-corrected chi connectivity index (χ2v) is 18.4. The number of para-hydroxylation sites is 1. The van der Waals surface area contributed by atoms with E-state index in [2.05, 4.69) is 46.9 Å². The summed E-state index contributed by atoms with van der Waals surface area (Å²) < 4.78 is 47.8. The lowest BCUT2D eigenvalue weighted by Crippen LogP contribution is -2.65. The Bertz CT molecular complexity index is 1620. The Morgan fingerprint density at radius 2 is 1.59 bits per heavy atom. The van der Waals surface area contributed by atoms with E-state index in [1.54, 1.807) is 12.1 Å². The first-order valence-corrected chi connectivity index (χ1v) is 20.1. The first kappa shape index (κ1) is 39.4. The van der Waals surface area contributed by atoms with Gasteiger partial charge >= 0.3 is 19.2 Å². The van der Waals surface area contributed by atoms with Crippen LogP contribution in [0.4, 0.5) is 4.79 Å². The number of esters is 1. The van der Waals surface area contributed by atoms with Crippen LogP contribution in [-0.4, -0.2) is 80.8 Å². The molecule has 1 N–H and O–H groups in total. The highest BCUT2D eigenvalue weighted by Gasteiger charge is 2.70. The summed E-state index contributed by atoms with van der Waals surface area (Å²) in [4.78, 5) is 39.0. The smallest absolute Gasteiger partial charge is 0.496 e. The van der Waals surface area contributed by atoms with Crippen molar-refractivity contribution in [3.8, 4) is 5.75 Å². The quantitative estimate of drug-likeness (QED) is 0.0931. The average Bonchev–Trinajstić information content (AvgIpc) is 3.62. The highest BCUT2D eigenvalue weighted by Crippen LogP contribution is 2.68. The van der Waals surface area contributed by atoms with E-state index in [9.17, 15) is 14.4 Å². The fourth-order valence-corrected chi connectivity index (χ4v) is 11.1. The molecule has 0 spiro atoms. The molecule has 2 heterocycles. The van der Waals surface area contributed by atoms with Gasteiger partial charge in [-0.25, -0.2) is 9.59 Å². The van der Waals surface area contributed by atoms with E-state index < -0.39 is 43.4 Å². The van der Waals surface area contributed by atoms with Crippen LogP contribution in [0.5, 0.6) is 5.75 Å². The van der Waals surface area contributed by atoms with Crippen molar-refractivity contribution in [1.82, 2.24) is 5.32 Å². The van der Waals surface area contributed by atoms with Gasteiger partial charge in [-0.2, -0.15) is 0 Å². The Labute approximate surface area is 320 Å². The van der Waals surface area contributed by atoms with Crippen LogP contribution in [0.2, 0.25) is 0 Å². The predicted octanol–water partition coefficient (Wildman–Crippen LogP) is 6.79. The summed E-state index contributed by atoms with van der Waals surface area (Å²) in [6.07, 6.45) is 5.58. The molecule has 8 fully saturated rings. The van der Waals surface area contributed by atoms with Gasteiger partial charge in [-0.05, 0) is 105 Å². The van der Waals surface area contributed by atoms with Gasteiger partial charge in [0.2, 0.25) is 12.7 Å². The minimum Gasteiger partial charge on any atom is -0.496 e. The maximum Gasteiger partial charge on any atom is 0.511 e. The second kappa shape index (κ2) is 14.3. The number of rotatable bonds is 14. The van der Waals surface area contributed by atoms with Crippen molar-refractivity contribution >= 4 is 25.2 Å². The number of hydrogen-bond acceptors (Lipinski definition) is 11. The zero-order chi connectivity index (χ0) is 38.8. The van der Waals surface area contributed by atoms with E-state index in [4.69, 9.17) is 37.7 Å². The Morgan fingerprint density at radius 3 is 2.26 bits per heavy atom. The maximum absolute atomic E-state index is 13.9. The van der Waals surface area contributed by atoms with Crippen molar-refractivity contribution in [2.75, 3.05) is 20.5 Å². The Kier molecular flexibility index (Phi) is 10.4. The number of amides is 1. The molecule has 1 amide bonds. The highest BCUT2D eigenvalue weighted by atomic mass is 16.8. The molecule has 10 unspecified atom stereocenters. The van der Waals surface area contributed by atoms with E-state index in [1.165, 1.54) is 7.11 Å². The molecule has 10 atom stereocenters. The number of carbonyl (C=O) groups excluding carboxylic acids is 3. The number of nitrogens with one attached hydrogen (secondary N) is 1. The Hall–Kier alpha value is -2.87. The third kappa shape index (κ3) is 6.72. The van der Waals surface area contributed by atoms with E-state index in [-0.39, 0.29) is 65.3 Å². The first-order valence-electron chi connectivity index (χ1n) is 20.1. The van der Waals surface area contributed by atoms with Gasteiger partial charge in [-0.15, -0.1) is 0 Å². The summed E-state index contributed by atoms with van der Waals surface area (Å²) in [6, 6.07) is 5.15. The van der Waals surface area contributed by atoms with Crippen LogP contribution in [0.15, 0.2) is 18.2 Å². The molecule has 12 nitrogen and oxygen atoms in total.